The average molecular weight is 320 g/mol. The van der Waals surface area contributed by atoms with Gasteiger partial charge in [-0.1, -0.05) is 27.2 Å². The van der Waals surface area contributed by atoms with E-state index in [1.165, 1.54) is 0 Å². The van der Waals surface area contributed by atoms with Crippen LogP contribution in [0.1, 0.15) is 40.0 Å². The van der Waals surface area contributed by atoms with Crippen LogP contribution in [0.2, 0.25) is 0 Å². The van der Waals surface area contributed by atoms with Gasteiger partial charge in [-0.3, -0.25) is 4.90 Å². The van der Waals surface area contributed by atoms with E-state index in [2.05, 4.69) is 35.4 Å². The van der Waals surface area contributed by atoms with Gasteiger partial charge in [0, 0.05) is 38.8 Å². The Kier molecular flexibility index (Phi) is 8.16. The molecule has 6 heteroatoms. The van der Waals surface area contributed by atoms with Gasteiger partial charge >= 0.3 is 0 Å². The third-order valence-electron chi connectivity index (χ3n) is 4.10. The van der Waals surface area contributed by atoms with E-state index in [9.17, 15) is 8.42 Å². The summed E-state index contributed by atoms with van der Waals surface area (Å²) in [5.41, 5.74) is 0. The molecule has 5 nitrogen and oxygen atoms in total. The van der Waals surface area contributed by atoms with E-state index in [1.54, 1.807) is 0 Å². The van der Waals surface area contributed by atoms with Gasteiger partial charge in [-0.05, 0) is 25.8 Å². The maximum atomic E-state index is 12.0. The van der Waals surface area contributed by atoms with E-state index < -0.39 is 10.0 Å². The number of piperazine rings is 1. The minimum atomic E-state index is -3.11. The van der Waals surface area contributed by atoms with Crippen molar-refractivity contribution in [3.05, 3.63) is 0 Å². The normalized spacial score (nSPS) is 20.0. The Morgan fingerprint density at radius 2 is 1.76 bits per heavy atom. The van der Waals surface area contributed by atoms with E-state index >= 15 is 0 Å². The van der Waals surface area contributed by atoms with Crippen molar-refractivity contribution >= 4 is 10.0 Å². The Labute approximate surface area is 131 Å². The maximum Gasteiger partial charge on any atom is 0.211 e. The fourth-order valence-corrected chi connectivity index (χ4v) is 3.98. The van der Waals surface area contributed by atoms with Gasteiger partial charge in [-0.25, -0.2) is 13.1 Å². The Morgan fingerprint density at radius 3 is 2.29 bits per heavy atom. The van der Waals surface area contributed by atoms with Crippen molar-refractivity contribution in [3.8, 4) is 0 Å². The van der Waals surface area contributed by atoms with E-state index in [4.69, 9.17) is 0 Å². The maximum absolute atomic E-state index is 12.0. The highest BCUT2D eigenvalue weighted by Gasteiger charge is 2.24. The molecule has 1 aliphatic heterocycles. The van der Waals surface area contributed by atoms with E-state index in [0.29, 0.717) is 18.5 Å². The van der Waals surface area contributed by atoms with Crippen molar-refractivity contribution < 1.29 is 8.42 Å². The van der Waals surface area contributed by atoms with Crippen LogP contribution in [0.15, 0.2) is 0 Å². The lowest BCUT2D eigenvalue weighted by molar-refractivity contribution is 0.102. The second-order valence-corrected chi connectivity index (χ2v) is 8.57. The Hall–Kier alpha value is -0.170. The summed E-state index contributed by atoms with van der Waals surface area (Å²) < 4.78 is 26.8. The minimum Gasteiger partial charge on any atom is -0.304 e. The van der Waals surface area contributed by atoms with Crippen molar-refractivity contribution in [3.63, 3.8) is 0 Å². The lowest BCUT2D eigenvalue weighted by atomic mass is 10.0. The molecule has 1 N–H and O–H groups in total. The number of likely N-dealkylation sites (N-methyl/N-ethyl adjacent to an activating group) is 1. The zero-order valence-electron chi connectivity index (χ0n) is 14.1. The number of hydrogen-bond donors (Lipinski definition) is 1. The summed E-state index contributed by atoms with van der Waals surface area (Å²) >= 11 is 0. The molecule has 0 aromatic heterocycles. The molecule has 126 valence electrons. The Balaban J connectivity index is 2.53. The van der Waals surface area contributed by atoms with Crippen LogP contribution >= 0.6 is 0 Å². The SMILES string of the molecule is CCCCS(=O)(=O)NCC(CC(C)C)N1CCN(C)CC1. The van der Waals surface area contributed by atoms with Crippen molar-refractivity contribution in [1.29, 1.82) is 0 Å². The van der Waals surface area contributed by atoms with Crippen LogP contribution in [-0.2, 0) is 10.0 Å². The van der Waals surface area contributed by atoms with Crippen molar-refractivity contribution in [1.82, 2.24) is 14.5 Å². The smallest absolute Gasteiger partial charge is 0.211 e. The topological polar surface area (TPSA) is 52.7 Å². The summed E-state index contributed by atoms with van der Waals surface area (Å²) in [6.45, 7) is 11.2. The highest BCUT2D eigenvalue weighted by molar-refractivity contribution is 7.89. The second kappa shape index (κ2) is 9.08. The van der Waals surface area contributed by atoms with Gasteiger partial charge in [0.1, 0.15) is 0 Å². The quantitative estimate of drug-likeness (QED) is 0.697. The molecule has 0 spiro atoms. The van der Waals surface area contributed by atoms with Crippen molar-refractivity contribution in [2.24, 2.45) is 5.92 Å². The van der Waals surface area contributed by atoms with Crippen LogP contribution in [0, 0.1) is 5.92 Å². The molecule has 0 aromatic carbocycles. The van der Waals surface area contributed by atoms with Gasteiger partial charge in [-0.2, -0.15) is 0 Å². The highest BCUT2D eigenvalue weighted by Crippen LogP contribution is 2.14. The summed E-state index contributed by atoms with van der Waals surface area (Å²) in [7, 11) is -0.970. The molecular formula is C15H33N3O2S. The molecular weight excluding hydrogens is 286 g/mol. The van der Waals surface area contributed by atoms with E-state index in [-0.39, 0.29) is 5.75 Å². The van der Waals surface area contributed by atoms with Crippen molar-refractivity contribution in [2.45, 2.75) is 46.1 Å². The van der Waals surface area contributed by atoms with Crippen LogP contribution in [0.5, 0.6) is 0 Å². The molecule has 0 bridgehead atoms. The first kappa shape index (κ1) is 18.9. The van der Waals surface area contributed by atoms with Crippen LogP contribution in [0.25, 0.3) is 0 Å². The number of unbranched alkanes of at least 4 members (excludes halogenated alkanes) is 1. The van der Waals surface area contributed by atoms with E-state index in [0.717, 1.165) is 45.4 Å². The molecule has 21 heavy (non-hydrogen) atoms. The molecule has 1 atom stereocenters. The Bertz CT molecular complexity index is 376. The fourth-order valence-electron chi connectivity index (χ4n) is 2.72. The molecule has 1 fully saturated rings. The molecule has 1 rings (SSSR count). The minimum absolute atomic E-state index is 0.251. The van der Waals surface area contributed by atoms with Gasteiger partial charge in [0.15, 0.2) is 0 Å². The molecule has 0 amide bonds. The van der Waals surface area contributed by atoms with Crippen LogP contribution in [0.4, 0.5) is 0 Å². The summed E-state index contributed by atoms with van der Waals surface area (Å²) in [5, 5.41) is 0. The predicted octanol–water partition coefficient (Wildman–Crippen LogP) is 1.37. The summed E-state index contributed by atoms with van der Waals surface area (Å²) in [6.07, 6.45) is 2.69. The zero-order valence-corrected chi connectivity index (χ0v) is 15.0. The first-order valence-corrected chi connectivity index (χ1v) is 9.89. The first-order chi connectivity index (χ1) is 9.84. The molecule has 1 unspecified atom stereocenters. The first-order valence-electron chi connectivity index (χ1n) is 8.24. The summed E-state index contributed by atoms with van der Waals surface area (Å²) in [5.74, 6) is 0.829. The average Bonchev–Trinajstić information content (AvgIpc) is 2.42. The van der Waals surface area contributed by atoms with Crippen molar-refractivity contribution in [2.75, 3.05) is 45.5 Å². The van der Waals surface area contributed by atoms with Crippen LogP contribution < -0.4 is 4.72 Å². The summed E-state index contributed by atoms with van der Waals surface area (Å²) in [6, 6.07) is 0.315. The standard InChI is InChI=1S/C15H33N3O2S/c1-5-6-11-21(19,20)16-13-15(12-14(2)3)18-9-7-17(4)8-10-18/h14-16H,5-13H2,1-4H3. The number of rotatable bonds is 9. The third-order valence-corrected chi connectivity index (χ3v) is 5.54. The second-order valence-electron chi connectivity index (χ2n) is 6.64. The number of sulfonamides is 1. The Morgan fingerprint density at radius 1 is 1.14 bits per heavy atom. The fraction of sp³-hybridized carbons (Fsp3) is 1.00. The van der Waals surface area contributed by atoms with Gasteiger partial charge in [0.2, 0.25) is 10.0 Å². The van der Waals surface area contributed by atoms with E-state index in [1.807, 2.05) is 6.92 Å². The largest absolute Gasteiger partial charge is 0.304 e. The lowest BCUT2D eigenvalue weighted by Crippen LogP contribution is -2.52. The van der Waals surface area contributed by atoms with Gasteiger partial charge in [-0.15, -0.1) is 0 Å². The number of hydrogen-bond acceptors (Lipinski definition) is 4. The highest BCUT2D eigenvalue weighted by atomic mass is 32.2. The van der Waals surface area contributed by atoms with Crippen LogP contribution in [0.3, 0.4) is 0 Å². The monoisotopic (exact) mass is 319 g/mol. The lowest BCUT2D eigenvalue weighted by Gasteiger charge is -2.38. The summed E-state index contributed by atoms with van der Waals surface area (Å²) in [4.78, 5) is 4.77. The number of nitrogens with one attached hydrogen (secondary N) is 1. The molecule has 0 radical (unpaired) electrons. The van der Waals surface area contributed by atoms with Crippen LogP contribution in [-0.4, -0.2) is 69.8 Å². The molecule has 0 aromatic rings. The van der Waals surface area contributed by atoms with Gasteiger partial charge in [0.05, 0.1) is 5.75 Å². The predicted molar refractivity (Wildman–Crippen MR) is 89.0 cm³/mol. The third kappa shape index (κ3) is 7.58. The molecule has 0 aliphatic carbocycles. The van der Waals surface area contributed by atoms with Gasteiger partial charge in [0.25, 0.3) is 0 Å². The van der Waals surface area contributed by atoms with Gasteiger partial charge < -0.3 is 4.90 Å². The zero-order chi connectivity index (χ0) is 15.9. The molecule has 1 saturated heterocycles. The molecule has 1 heterocycles. The molecule has 0 saturated carbocycles. The molecule has 1 aliphatic rings. The number of nitrogens with zero attached hydrogens (tertiary/aromatic N) is 2.